The summed E-state index contributed by atoms with van der Waals surface area (Å²) in [6.45, 7) is 3.65. The van der Waals surface area contributed by atoms with Crippen LogP contribution in [0.15, 0.2) is 36.8 Å². The van der Waals surface area contributed by atoms with Crippen molar-refractivity contribution in [3.8, 4) is 11.4 Å². The largest absolute Gasteiger partial charge is 0.372 e. The number of aryl methyl sites for hydroxylation is 1. The molecular formula is C22H21F2N6OS+. The van der Waals surface area contributed by atoms with Crippen LogP contribution in [-0.2, 0) is 0 Å². The first-order chi connectivity index (χ1) is 15.5. The highest BCUT2D eigenvalue weighted by Gasteiger charge is 2.23. The zero-order valence-electron chi connectivity index (χ0n) is 17.3. The predicted octanol–water partition coefficient (Wildman–Crippen LogP) is 4.60. The number of aromatic amines is 2. The summed E-state index contributed by atoms with van der Waals surface area (Å²) < 4.78 is 27.9. The topological polar surface area (TPSA) is 88.0 Å². The van der Waals surface area contributed by atoms with Crippen molar-refractivity contribution in [3.05, 3.63) is 52.8 Å². The number of pyridine rings is 1. The number of thiazole rings is 1. The summed E-state index contributed by atoms with van der Waals surface area (Å²) in [7, 11) is 0. The van der Waals surface area contributed by atoms with Crippen LogP contribution in [0.2, 0.25) is 0 Å². The summed E-state index contributed by atoms with van der Waals surface area (Å²) >= 11 is 1.37. The maximum atomic E-state index is 14.0. The smallest absolute Gasteiger partial charge is 0.265 e. The Kier molecular flexibility index (Phi) is 5.30. The summed E-state index contributed by atoms with van der Waals surface area (Å²) in [5.74, 6) is -0.0836. The van der Waals surface area contributed by atoms with E-state index in [2.05, 4.69) is 30.2 Å². The van der Waals surface area contributed by atoms with Gasteiger partial charge >= 0.3 is 0 Å². The molecule has 1 aliphatic rings. The third-order valence-electron chi connectivity index (χ3n) is 5.53. The second-order valence-corrected chi connectivity index (χ2v) is 8.95. The Morgan fingerprint density at radius 2 is 2.09 bits per heavy atom. The number of anilines is 2. The Balaban J connectivity index is 1.52. The lowest BCUT2D eigenvalue weighted by molar-refractivity contribution is -0.376. The predicted molar refractivity (Wildman–Crippen MR) is 119 cm³/mol. The molecule has 4 heterocycles. The van der Waals surface area contributed by atoms with Gasteiger partial charge in [0.2, 0.25) is 0 Å². The molecule has 3 aromatic heterocycles. The van der Waals surface area contributed by atoms with E-state index in [1.807, 2.05) is 13.0 Å². The molecule has 164 valence electrons. The summed E-state index contributed by atoms with van der Waals surface area (Å²) in [6, 6.07) is 5.07. The van der Waals surface area contributed by atoms with E-state index in [-0.39, 0.29) is 11.5 Å². The maximum Gasteiger partial charge on any atom is 0.265 e. The molecule has 10 heteroatoms. The summed E-state index contributed by atoms with van der Waals surface area (Å²) in [5, 5.41) is 3.24. The molecule has 0 spiro atoms. The van der Waals surface area contributed by atoms with Gasteiger partial charge in [0, 0.05) is 41.0 Å². The van der Waals surface area contributed by atoms with E-state index >= 15 is 0 Å². The van der Waals surface area contributed by atoms with Crippen LogP contribution in [0.3, 0.4) is 0 Å². The van der Waals surface area contributed by atoms with Gasteiger partial charge in [-0.1, -0.05) is 0 Å². The highest BCUT2D eigenvalue weighted by atomic mass is 32.1. The van der Waals surface area contributed by atoms with E-state index in [1.54, 1.807) is 24.5 Å². The highest BCUT2D eigenvalue weighted by molar-refractivity contribution is 7.15. The molecule has 3 N–H and O–H groups in total. The lowest BCUT2D eigenvalue weighted by atomic mass is 10.1. The zero-order valence-corrected chi connectivity index (χ0v) is 18.1. The number of hydrogen-bond donors (Lipinski definition) is 2. The Bertz CT molecular complexity index is 1290. The van der Waals surface area contributed by atoms with Gasteiger partial charge in [-0.05, 0) is 38.0 Å². The van der Waals surface area contributed by atoms with E-state index in [4.69, 9.17) is 0 Å². The van der Waals surface area contributed by atoms with Gasteiger partial charge in [-0.25, -0.2) is 23.7 Å². The van der Waals surface area contributed by atoms with Gasteiger partial charge in [0.05, 0.1) is 0 Å². The summed E-state index contributed by atoms with van der Waals surface area (Å²) in [5.41, 5.74) is 2.28. The standard InChI is InChI=1S/C22H20F2N6OS/c1-12-9-26-22(32-12)29-21(31)16-10-25-11-17-18(16)28-20(27-17)14-5-4-13(8-15(14)19(23)24)30-6-2-3-7-30/h4-5,8-11,19H,2-3,6-7H2,1H3,(H,27,28)(H,26,29,31)/p+1. The minimum Gasteiger partial charge on any atom is -0.372 e. The van der Waals surface area contributed by atoms with Gasteiger partial charge in [0.15, 0.2) is 17.5 Å². The summed E-state index contributed by atoms with van der Waals surface area (Å²) in [4.78, 5) is 30.6. The van der Waals surface area contributed by atoms with Crippen LogP contribution in [-0.4, -0.2) is 33.9 Å². The molecule has 0 atom stereocenters. The normalized spacial score (nSPS) is 13.9. The number of hydrogen-bond acceptors (Lipinski definition) is 5. The zero-order chi connectivity index (χ0) is 22.2. The minimum absolute atomic E-state index is 0.0818. The average Bonchev–Trinajstić information content (AvgIpc) is 3.53. The molecule has 0 unspecified atom stereocenters. The molecule has 0 radical (unpaired) electrons. The first kappa shape index (κ1) is 20.5. The third kappa shape index (κ3) is 3.81. The lowest BCUT2D eigenvalue weighted by Crippen LogP contribution is -2.17. The van der Waals surface area contributed by atoms with Crippen molar-refractivity contribution in [2.45, 2.75) is 26.2 Å². The van der Waals surface area contributed by atoms with Crippen LogP contribution in [0.1, 0.15) is 40.1 Å². The molecular weight excluding hydrogens is 434 g/mol. The molecule has 5 rings (SSSR count). The Hall–Kier alpha value is -3.40. The number of H-pyrrole nitrogens is 2. The van der Waals surface area contributed by atoms with Crippen LogP contribution in [0.4, 0.5) is 19.6 Å². The number of halogens is 2. The molecule has 1 aromatic carbocycles. The van der Waals surface area contributed by atoms with Crippen molar-refractivity contribution in [2.24, 2.45) is 0 Å². The highest BCUT2D eigenvalue weighted by Crippen LogP contribution is 2.35. The molecule has 1 amide bonds. The van der Waals surface area contributed by atoms with Crippen LogP contribution in [0.25, 0.3) is 22.4 Å². The van der Waals surface area contributed by atoms with E-state index in [1.165, 1.54) is 17.5 Å². The van der Waals surface area contributed by atoms with Crippen molar-refractivity contribution in [2.75, 3.05) is 23.3 Å². The number of imidazole rings is 1. The molecule has 7 nitrogen and oxygen atoms in total. The number of nitrogens with zero attached hydrogens (tertiary/aromatic N) is 3. The maximum absolute atomic E-state index is 14.0. The van der Waals surface area contributed by atoms with Crippen molar-refractivity contribution in [3.63, 3.8) is 0 Å². The van der Waals surface area contributed by atoms with Crippen molar-refractivity contribution >= 4 is 39.1 Å². The minimum atomic E-state index is -2.65. The van der Waals surface area contributed by atoms with E-state index in [0.717, 1.165) is 36.5 Å². The van der Waals surface area contributed by atoms with Crippen molar-refractivity contribution < 1.29 is 18.6 Å². The quantitative estimate of drug-likeness (QED) is 0.460. The third-order valence-corrected chi connectivity index (χ3v) is 6.35. The molecule has 0 aliphatic carbocycles. The fourth-order valence-electron chi connectivity index (χ4n) is 3.97. The Morgan fingerprint density at radius 1 is 1.28 bits per heavy atom. The van der Waals surface area contributed by atoms with Crippen LogP contribution in [0.5, 0.6) is 0 Å². The number of nitrogens with one attached hydrogen (secondary N) is 3. The Labute approximate surface area is 186 Å². The van der Waals surface area contributed by atoms with Crippen LogP contribution >= 0.6 is 11.3 Å². The molecule has 32 heavy (non-hydrogen) atoms. The van der Waals surface area contributed by atoms with Crippen LogP contribution < -0.4 is 15.2 Å². The molecule has 1 fully saturated rings. The molecule has 0 saturated carbocycles. The number of aromatic nitrogens is 4. The van der Waals surface area contributed by atoms with Crippen LogP contribution in [0, 0.1) is 6.92 Å². The number of rotatable bonds is 5. The number of carbonyl (C=O) groups excluding carboxylic acids is 1. The van der Waals surface area contributed by atoms with Gasteiger partial charge in [0.1, 0.15) is 22.4 Å². The SMILES string of the molecule is Cc1cnc(NC(=O)c2c[nH+]cc3[nH]c(-c4ccc(N5CCCC5)cc4C(F)F)nc23)s1. The van der Waals surface area contributed by atoms with Gasteiger partial charge < -0.3 is 9.88 Å². The molecule has 4 aromatic rings. The lowest BCUT2D eigenvalue weighted by Gasteiger charge is -2.19. The molecule has 1 aliphatic heterocycles. The average molecular weight is 456 g/mol. The Morgan fingerprint density at radius 3 is 2.81 bits per heavy atom. The van der Waals surface area contributed by atoms with Crippen molar-refractivity contribution in [1.82, 2.24) is 15.0 Å². The second-order valence-electron chi connectivity index (χ2n) is 7.71. The van der Waals surface area contributed by atoms with E-state index in [0.29, 0.717) is 33.1 Å². The first-order valence-corrected chi connectivity index (χ1v) is 11.1. The number of benzene rings is 1. The van der Waals surface area contributed by atoms with Gasteiger partial charge in [-0.2, -0.15) is 0 Å². The van der Waals surface area contributed by atoms with E-state index in [9.17, 15) is 13.6 Å². The molecule has 1 saturated heterocycles. The number of alkyl halides is 2. The summed E-state index contributed by atoms with van der Waals surface area (Å²) in [6.07, 6.45) is 4.35. The van der Waals surface area contributed by atoms with Gasteiger partial charge in [0.25, 0.3) is 12.3 Å². The van der Waals surface area contributed by atoms with Crippen molar-refractivity contribution in [1.29, 1.82) is 0 Å². The number of amides is 1. The van der Waals surface area contributed by atoms with E-state index < -0.39 is 6.43 Å². The second kappa shape index (κ2) is 8.27. The number of fused-ring (bicyclic) bond motifs is 1. The molecule has 0 bridgehead atoms. The first-order valence-electron chi connectivity index (χ1n) is 10.3. The van der Waals surface area contributed by atoms with Gasteiger partial charge in [-0.3, -0.25) is 10.1 Å². The fourth-order valence-corrected chi connectivity index (χ4v) is 4.63. The monoisotopic (exact) mass is 455 g/mol. The number of carbonyl (C=O) groups is 1. The van der Waals surface area contributed by atoms with Gasteiger partial charge in [-0.15, -0.1) is 11.3 Å². The fraction of sp³-hybridized carbons (Fsp3) is 0.273.